The molecule has 1 aliphatic heterocycles. The summed E-state index contributed by atoms with van der Waals surface area (Å²) in [5.74, 6) is 3.06. The molecule has 3 atom stereocenters. The Morgan fingerprint density at radius 1 is 1.12 bits per heavy atom. The van der Waals surface area contributed by atoms with Crippen molar-refractivity contribution >= 4 is 41.0 Å². The number of carbonyl (C=O) groups excluding carboxylic acids is 2. The summed E-state index contributed by atoms with van der Waals surface area (Å²) >= 11 is 6.59. The molecular formula is C29H37ClN6O4. The van der Waals surface area contributed by atoms with Crippen molar-refractivity contribution in [2.75, 3.05) is 36.4 Å². The van der Waals surface area contributed by atoms with Gasteiger partial charge in [0, 0.05) is 43.0 Å². The minimum absolute atomic E-state index is 0.0227. The van der Waals surface area contributed by atoms with Gasteiger partial charge in [-0.05, 0) is 37.2 Å². The van der Waals surface area contributed by atoms with Gasteiger partial charge in [0.1, 0.15) is 22.3 Å². The number of carbonyl (C=O) groups is 2. The number of urea groups is 1. The summed E-state index contributed by atoms with van der Waals surface area (Å²) in [4.78, 5) is 38.1. The SMILES string of the molecule is C=CC(=O)NC1CCC(C2CCCC2)CC1Nc1ncc2c(n1)N(C)C(=O)N(c1cc(OC)cc(OC)c1Cl)C2. The molecule has 10 nitrogen and oxygen atoms in total. The third kappa shape index (κ3) is 5.54. The van der Waals surface area contributed by atoms with Crippen LogP contribution in [0.2, 0.25) is 5.02 Å². The number of aromatic nitrogens is 2. The Morgan fingerprint density at radius 2 is 1.90 bits per heavy atom. The lowest BCUT2D eigenvalue weighted by Gasteiger charge is -2.39. The predicted octanol–water partition coefficient (Wildman–Crippen LogP) is 5.17. The van der Waals surface area contributed by atoms with E-state index in [4.69, 9.17) is 26.1 Å². The highest BCUT2D eigenvalue weighted by Gasteiger charge is 2.37. The molecule has 1 aromatic carbocycles. The summed E-state index contributed by atoms with van der Waals surface area (Å²) in [5.41, 5.74) is 1.25. The van der Waals surface area contributed by atoms with Crippen LogP contribution in [-0.4, -0.2) is 55.3 Å². The van der Waals surface area contributed by atoms with E-state index >= 15 is 0 Å². The maximum atomic E-state index is 13.5. The molecule has 2 fully saturated rings. The molecule has 2 saturated carbocycles. The number of amides is 3. The molecule has 0 saturated heterocycles. The lowest BCUT2D eigenvalue weighted by atomic mass is 9.75. The molecule has 214 valence electrons. The second-order valence-corrected chi connectivity index (χ2v) is 11.2. The molecule has 2 heterocycles. The number of anilines is 3. The Hall–Kier alpha value is -3.53. The van der Waals surface area contributed by atoms with Gasteiger partial charge in [0.05, 0.1) is 26.5 Å². The molecule has 11 heteroatoms. The molecule has 5 rings (SSSR count). The second kappa shape index (κ2) is 11.9. The van der Waals surface area contributed by atoms with Gasteiger partial charge in [-0.3, -0.25) is 14.6 Å². The van der Waals surface area contributed by atoms with E-state index in [1.807, 2.05) is 0 Å². The number of nitrogens with one attached hydrogen (secondary N) is 2. The van der Waals surface area contributed by atoms with Crippen LogP contribution in [0.4, 0.5) is 22.2 Å². The maximum Gasteiger partial charge on any atom is 0.330 e. The van der Waals surface area contributed by atoms with Crippen LogP contribution in [0.3, 0.4) is 0 Å². The molecule has 3 aliphatic rings. The average Bonchev–Trinajstić information content (AvgIpc) is 3.51. The van der Waals surface area contributed by atoms with Crippen molar-refractivity contribution in [2.24, 2.45) is 11.8 Å². The second-order valence-electron chi connectivity index (χ2n) is 10.8. The van der Waals surface area contributed by atoms with Gasteiger partial charge in [0.2, 0.25) is 11.9 Å². The summed E-state index contributed by atoms with van der Waals surface area (Å²) in [5, 5.41) is 6.92. The van der Waals surface area contributed by atoms with Crippen LogP contribution >= 0.6 is 11.6 Å². The number of halogens is 1. The summed E-state index contributed by atoms with van der Waals surface area (Å²) in [6.45, 7) is 3.84. The van der Waals surface area contributed by atoms with Gasteiger partial charge in [0.25, 0.3) is 0 Å². The maximum absolute atomic E-state index is 13.5. The summed E-state index contributed by atoms with van der Waals surface area (Å²) in [6, 6.07) is 3.02. The van der Waals surface area contributed by atoms with E-state index in [9.17, 15) is 9.59 Å². The highest BCUT2D eigenvalue weighted by atomic mass is 35.5. The van der Waals surface area contributed by atoms with Crippen LogP contribution in [-0.2, 0) is 11.3 Å². The normalized spacial score (nSPS) is 23.0. The zero-order chi connectivity index (χ0) is 28.4. The summed E-state index contributed by atoms with van der Waals surface area (Å²) in [7, 11) is 4.74. The molecular weight excluding hydrogens is 532 g/mol. The smallest absolute Gasteiger partial charge is 0.330 e. The van der Waals surface area contributed by atoms with Crippen molar-refractivity contribution in [2.45, 2.75) is 63.6 Å². The Kier molecular flexibility index (Phi) is 8.35. The Morgan fingerprint density at radius 3 is 2.60 bits per heavy atom. The van der Waals surface area contributed by atoms with Crippen LogP contribution in [0.15, 0.2) is 31.0 Å². The zero-order valence-corrected chi connectivity index (χ0v) is 24.0. The van der Waals surface area contributed by atoms with E-state index in [1.165, 1.54) is 43.8 Å². The molecule has 3 unspecified atom stereocenters. The fourth-order valence-electron chi connectivity index (χ4n) is 6.39. The Labute approximate surface area is 240 Å². The number of nitrogens with zero attached hydrogens (tertiary/aromatic N) is 4. The third-order valence-electron chi connectivity index (χ3n) is 8.53. The quantitative estimate of drug-likeness (QED) is 0.423. The van der Waals surface area contributed by atoms with Crippen molar-refractivity contribution in [1.82, 2.24) is 15.3 Å². The van der Waals surface area contributed by atoms with Crippen molar-refractivity contribution in [3.8, 4) is 11.5 Å². The van der Waals surface area contributed by atoms with Crippen LogP contribution < -0.4 is 29.9 Å². The van der Waals surface area contributed by atoms with Gasteiger partial charge in [0.15, 0.2) is 0 Å². The molecule has 0 radical (unpaired) electrons. The Balaban J connectivity index is 1.39. The lowest BCUT2D eigenvalue weighted by Crippen LogP contribution is -2.51. The zero-order valence-electron chi connectivity index (χ0n) is 23.3. The minimum Gasteiger partial charge on any atom is -0.497 e. The molecule has 3 amide bonds. The summed E-state index contributed by atoms with van der Waals surface area (Å²) < 4.78 is 10.8. The largest absolute Gasteiger partial charge is 0.497 e. The number of benzene rings is 1. The van der Waals surface area contributed by atoms with Crippen LogP contribution in [0, 0.1) is 11.8 Å². The lowest BCUT2D eigenvalue weighted by molar-refractivity contribution is -0.117. The van der Waals surface area contributed by atoms with E-state index in [2.05, 4.69) is 22.2 Å². The fraction of sp³-hybridized carbons (Fsp3) is 0.517. The first-order valence-electron chi connectivity index (χ1n) is 13.8. The van der Waals surface area contributed by atoms with Crippen LogP contribution in [0.5, 0.6) is 11.5 Å². The molecule has 2 aliphatic carbocycles. The first-order valence-corrected chi connectivity index (χ1v) is 14.2. The number of fused-ring (bicyclic) bond motifs is 1. The van der Waals surface area contributed by atoms with Crippen LogP contribution in [0.25, 0.3) is 0 Å². The van der Waals surface area contributed by atoms with Crippen molar-refractivity contribution < 1.29 is 19.1 Å². The van der Waals surface area contributed by atoms with Crippen molar-refractivity contribution in [3.63, 3.8) is 0 Å². The van der Waals surface area contributed by atoms with Gasteiger partial charge in [-0.1, -0.05) is 43.9 Å². The molecule has 2 aromatic rings. The molecule has 0 bridgehead atoms. The van der Waals surface area contributed by atoms with Gasteiger partial charge >= 0.3 is 6.03 Å². The Bertz CT molecular complexity index is 1280. The van der Waals surface area contributed by atoms with Crippen molar-refractivity contribution in [3.05, 3.63) is 41.6 Å². The van der Waals surface area contributed by atoms with E-state index < -0.39 is 0 Å². The van der Waals surface area contributed by atoms with Crippen LogP contribution in [0.1, 0.15) is 50.5 Å². The van der Waals surface area contributed by atoms with Gasteiger partial charge < -0.3 is 20.1 Å². The predicted molar refractivity (Wildman–Crippen MR) is 155 cm³/mol. The first kappa shape index (κ1) is 28.0. The summed E-state index contributed by atoms with van der Waals surface area (Å²) in [6.07, 6.45) is 11.1. The van der Waals surface area contributed by atoms with E-state index in [0.29, 0.717) is 39.9 Å². The highest BCUT2D eigenvalue weighted by Crippen LogP contribution is 2.42. The van der Waals surface area contributed by atoms with E-state index in [1.54, 1.807) is 37.4 Å². The number of hydrogen-bond acceptors (Lipinski definition) is 7. The number of hydrogen-bond donors (Lipinski definition) is 2. The van der Waals surface area contributed by atoms with E-state index in [0.717, 1.165) is 30.7 Å². The number of methoxy groups -OCH3 is 2. The van der Waals surface area contributed by atoms with Gasteiger partial charge in [-0.15, -0.1) is 0 Å². The molecule has 1 aromatic heterocycles. The number of rotatable bonds is 8. The van der Waals surface area contributed by atoms with Gasteiger partial charge in [-0.2, -0.15) is 4.98 Å². The molecule has 0 spiro atoms. The standard InChI is InChI=1S/C29H37ClN6O4/c1-5-25(37)32-21-11-10-18(17-8-6-7-9-17)12-22(21)33-28-31-15-19-16-36(29(38)35(2)27(19)34-28)23-13-20(39-3)14-24(40-4)26(23)30/h5,13-15,17-18,21-22H,1,6-12,16H2,2-4H3,(H,32,37)(H,31,33,34). The monoisotopic (exact) mass is 568 g/mol. The fourth-order valence-corrected chi connectivity index (χ4v) is 6.68. The minimum atomic E-state index is -0.288. The first-order chi connectivity index (χ1) is 19.3. The molecule has 40 heavy (non-hydrogen) atoms. The molecule has 2 N–H and O–H groups in total. The van der Waals surface area contributed by atoms with Gasteiger partial charge in [-0.25, -0.2) is 9.78 Å². The highest BCUT2D eigenvalue weighted by molar-refractivity contribution is 6.35. The van der Waals surface area contributed by atoms with Crippen molar-refractivity contribution in [1.29, 1.82) is 0 Å². The third-order valence-corrected chi connectivity index (χ3v) is 8.91. The number of ether oxygens (including phenoxy) is 2. The topological polar surface area (TPSA) is 109 Å². The van der Waals surface area contributed by atoms with E-state index in [-0.39, 0.29) is 30.6 Å². The average molecular weight is 569 g/mol.